The van der Waals surface area contributed by atoms with Crippen LogP contribution in [0.1, 0.15) is 21.5 Å². The summed E-state index contributed by atoms with van der Waals surface area (Å²) in [5.74, 6) is -0.621. The second-order valence-electron chi connectivity index (χ2n) is 4.20. The average Bonchev–Trinajstić information content (AvgIpc) is 2.38. The van der Waals surface area contributed by atoms with E-state index < -0.39 is 5.82 Å². The lowest BCUT2D eigenvalue weighted by atomic mass is 10.1. The van der Waals surface area contributed by atoms with Gasteiger partial charge in [-0.2, -0.15) is 0 Å². The Labute approximate surface area is 116 Å². The Bertz CT molecular complexity index is 627. The molecule has 0 unspecified atom stereocenters. The van der Waals surface area contributed by atoms with Crippen LogP contribution in [0.2, 0.25) is 5.02 Å². The Morgan fingerprint density at radius 1 is 1.21 bits per heavy atom. The molecule has 0 fully saturated rings. The molecule has 0 atom stereocenters. The van der Waals surface area contributed by atoms with Crippen LogP contribution in [0.5, 0.6) is 0 Å². The smallest absolute Gasteiger partial charge is 0.185 e. The van der Waals surface area contributed by atoms with E-state index in [4.69, 9.17) is 11.6 Å². The SMILES string of the molecule is Cc1cccc(C(=O)/C=C/c2c(F)cccc2Cl)c1. The number of halogens is 2. The van der Waals surface area contributed by atoms with Gasteiger partial charge in [-0.25, -0.2) is 4.39 Å². The molecule has 0 heterocycles. The van der Waals surface area contributed by atoms with E-state index >= 15 is 0 Å². The van der Waals surface area contributed by atoms with Gasteiger partial charge in [0.15, 0.2) is 5.78 Å². The molecule has 3 heteroatoms. The second kappa shape index (κ2) is 5.81. The van der Waals surface area contributed by atoms with Gasteiger partial charge in [-0.1, -0.05) is 41.4 Å². The molecular weight excluding hydrogens is 263 g/mol. The van der Waals surface area contributed by atoms with Crippen LogP contribution < -0.4 is 0 Å². The predicted molar refractivity (Wildman–Crippen MR) is 76.0 cm³/mol. The molecule has 0 aliphatic heterocycles. The van der Waals surface area contributed by atoms with Crippen LogP contribution in [0.25, 0.3) is 6.08 Å². The molecule has 0 bridgehead atoms. The maximum Gasteiger partial charge on any atom is 0.185 e. The van der Waals surface area contributed by atoms with Gasteiger partial charge in [0.25, 0.3) is 0 Å². The monoisotopic (exact) mass is 274 g/mol. The third-order valence-corrected chi connectivity index (χ3v) is 3.03. The summed E-state index contributed by atoms with van der Waals surface area (Å²) in [4.78, 5) is 11.9. The maximum atomic E-state index is 13.5. The van der Waals surface area contributed by atoms with Gasteiger partial charge in [0, 0.05) is 11.1 Å². The molecule has 2 aromatic rings. The molecule has 96 valence electrons. The molecule has 0 aliphatic rings. The summed E-state index contributed by atoms with van der Waals surface area (Å²) < 4.78 is 13.5. The van der Waals surface area contributed by atoms with E-state index in [9.17, 15) is 9.18 Å². The summed E-state index contributed by atoms with van der Waals surface area (Å²) in [6.07, 6.45) is 2.74. The average molecular weight is 275 g/mol. The summed E-state index contributed by atoms with van der Waals surface area (Å²) in [7, 11) is 0. The van der Waals surface area contributed by atoms with Crippen LogP contribution in [-0.4, -0.2) is 5.78 Å². The maximum absolute atomic E-state index is 13.5. The van der Waals surface area contributed by atoms with Crippen molar-refractivity contribution in [1.29, 1.82) is 0 Å². The van der Waals surface area contributed by atoms with Crippen molar-refractivity contribution in [2.24, 2.45) is 0 Å². The Kier molecular flexibility index (Phi) is 4.13. The zero-order chi connectivity index (χ0) is 13.8. The number of carbonyl (C=O) groups excluding carboxylic acids is 1. The summed E-state index contributed by atoms with van der Waals surface area (Å²) in [5.41, 5.74) is 1.80. The first-order valence-corrected chi connectivity index (χ1v) is 6.19. The standard InChI is InChI=1S/C16H12ClFO/c1-11-4-2-5-12(10-11)16(19)9-8-13-14(17)6-3-7-15(13)18/h2-10H,1H3/b9-8+. The quantitative estimate of drug-likeness (QED) is 0.586. The first-order valence-electron chi connectivity index (χ1n) is 5.81. The molecule has 0 saturated heterocycles. The van der Waals surface area contributed by atoms with Crippen molar-refractivity contribution in [3.63, 3.8) is 0 Å². The van der Waals surface area contributed by atoms with Crippen molar-refractivity contribution in [1.82, 2.24) is 0 Å². The first kappa shape index (κ1) is 13.5. The van der Waals surface area contributed by atoms with Crippen molar-refractivity contribution >= 4 is 23.5 Å². The highest BCUT2D eigenvalue weighted by molar-refractivity contribution is 6.32. The molecule has 2 aromatic carbocycles. The van der Waals surface area contributed by atoms with Gasteiger partial charge in [0.2, 0.25) is 0 Å². The van der Waals surface area contributed by atoms with Crippen LogP contribution in [0.15, 0.2) is 48.5 Å². The Balaban J connectivity index is 2.26. The number of hydrogen-bond acceptors (Lipinski definition) is 1. The van der Waals surface area contributed by atoms with Crippen LogP contribution in [0.4, 0.5) is 4.39 Å². The molecule has 19 heavy (non-hydrogen) atoms. The number of ketones is 1. The summed E-state index contributed by atoms with van der Waals surface area (Å²) in [5, 5.41) is 0.285. The van der Waals surface area contributed by atoms with E-state index in [1.54, 1.807) is 18.2 Å². The molecule has 0 saturated carbocycles. The summed E-state index contributed by atoms with van der Waals surface area (Å²) in [6.45, 7) is 1.91. The van der Waals surface area contributed by atoms with E-state index in [0.29, 0.717) is 5.56 Å². The highest BCUT2D eigenvalue weighted by Gasteiger charge is 2.05. The zero-order valence-corrected chi connectivity index (χ0v) is 11.1. The van der Waals surface area contributed by atoms with E-state index in [1.807, 2.05) is 19.1 Å². The zero-order valence-electron chi connectivity index (χ0n) is 10.4. The molecule has 0 amide bonds. The first-order chi connectivity index (χ1) is 9.08. The van der Waals surface area contributed by atoms with Crippen molar-refractivity contribution < 1.29 is 9.18 Å². The lowest BCUT2D eigenvalue weighted by Gasteiger charge is -2.00. The predicted octanol–water partition coefficient (Wildman–Crippen LogP) is 4.68. The van der Waals surface area contributed by atoms with E-state index in [2.05, 4.69) is 0 Å². The third-order valence-electron chi connectivity index (χ3n) is 2.70. The minimum atomic E-state index is -0.444. The van der Waals surface area contributed by atoms with Crippen LogP contribution in [-0.2, 0) is 0 Å². The molecule has 0 radical (unpaired) electrons. The summed E-state index contributed by atoms with van der Waals surface area (Å²) in [6, 6.07) is 11.7. The fourth-order valence-electron chi connectivity index (χ4n) is 1.72. The summed E-state index contributed by atoms with van der Waals surface area (Å²) >= 11 is 5.88. The van der Waals surface area contributed by atoms with Crippen molar-refractivity contribution in [3.05, 3.63) is 76.1 Å². The van der Waals surface area contributed by atoms with Gasteiger partial charge in [0.05, 0.1) is 5.02 Å². The molecule has 2 rings (SSSR count). The van der Waals surface area contributed by atoms with Crippen LogP contribution in [0.3, 0.4) is 0 Å². The largest absolute Gasteiger partial charge is 0.289 e. The fraction of sp³-hybridized carbons (Fsp3) is 0.0625. The number of rotatable bonds is 3. The van der Waals surface area contributed by atoms with Crippen LogP contribution >= 0.6 is 11.6 Å². The van der Waals surface area contributed by atoms with Gasteiger partial charge in [-0.3, -0.25) is 4.79 Å². The Hall–Kier alpha value is -1.93. The van der Waals surface area contributed by atoms with E-state index in [-0.39, 0.29) is 16.4 Å². The van der Waals surface area contributed by atoms with Gasteiger partial charge >= 0.3 is 0 Å². The number of allylic oxidation sites excluding steroid dienone is 1. The second-order valence-corrected chi connectivity index (χ2v) is 4.61. The number of carbonyl (C=O) groups is 1. The molecule has 0 N–H and O–H groups in total. The van der Waals surface area contributed by atoms with Gasteiger partial charge < -0.3 is 0 Å². The molecule has 0 spiro atoms. The highest BCUT2D eigenvalue weighted by atomic mass is 35.5. The van der Waals surface area contributed by atoms with E-state index in [1.165, 1.54) is 24.3 Å². The van der Waals surface area contributed by atoms with Gasteiger partial charge in [-0.15, -0.1) is 0 Å². The highest BCUT2D eigenvalue weighted by Crippen LogP contribution is 2.20. The van der Waals surface area contributed by atoms with Crippen molar-refractivity contribution in [3.8, 4) is 0 Å². The molecule has 1 nitrogen and oxygen atoms in total. The normalized spacial score (nSPS) is 10.9. The molecular formula is C16H12ClFO. The van der Waals surface area contributed by atoms with Crippen molar-refractivity contribution in [2.75, 3.05) is 0 Å². The molecule has 0 aliphatic carbocycles. The van der Waals surface area contributed by atoms with Crippen LogP contribution in [0, 0.1) is 12.7 Å². The van der Waals surface area contributed by atoms with E-state index in [0.717, 1.165) is 5.56 Å². The number of hydrogen-bond donors (Lipinski definition) is 0. The van der Waals surface area contributed by atoms with Crippen molar-refractivity contribution in [2.45, 2.75) is 6.92 Å². The Morgan fingerprint density at radius 3 is 2.63 bits per heavy atom. The Morgan fingerprint density at radius 2 is 1.95 bits per heavy atom. The minimum Gasteiger partial charge on any atom is -0.289 e. The number of benzene rings is 2. The minimum absolute atomic E-state index is 0.178. The number of aryl methyl sites for hydroxylation is 1. The topological polar surface area (TPSA) is 17.1 Å². The van der Waals surface area contributed by atoms with Gasteiger partial charge in [0.1, 0.15) is 5.82 Å². The molecule has 0 aromatic heterocycles. The van der Waals surface area contributed by atoms with Gasteiger partial charge in [-0.05, 0) is 37.3 Å². The lowest BCUT2D eigenvalue weighted by Crippen LogP contribution is -1.94. The third kappa shape index (κ3) is 3.30. The lowest BCUT2D eigenvalue weighted by molar-refractivity contribution is 0.104. The fourth-order valence-corrected chi connectivity index (χ4v) is 1.95.